The molecule has 0 saturated heterocycles. The summed E-state index contributed by atoms with van der Waals surface area (Å²) in [4.78, 5) is 19.0. The van der Waals surface area contributed by atoms with E-state index in [1.807, 2.05) is 38.5 Å². The zero-order valence-electron chi connectivity index (χ0n) is 16.3. The van der Waals surface area contributed by atoms with Gasteiger partial charge in [-0.1, -0.05) is 0 Å². The molecule has 0 spiro atoms. The predicted molar refractivity (Wildman–Crippen MR) is 109 cm³/mol. The van der Waals surface area contributed by atoms with Crippen LogP contribution in [0.15, 0.2) is 29.4 Å². The minimum absolute atomic E-state index is 0.0453. The number of likely N-dealkylation sites (N-methyl/N-ethyl adjacent to an activating group) is 1. The minimum Gasteiger partial charge on any atom is -0.497 e. The Morgan fingerprint density at radius 2 is 2.07 bits per heavy atom. The molecule has 0 amide bonds. The molecule has 1 aromatic carbocycles. The van der Waals surface area contributed by atoms with Crippen molar-refractivity contribution in [1.82, 2.24) is 9.47 Å². The number of aromatic nitrogens is 1. The van der Waals surface area contributed by atoms with Crippen LogP contribution < -0.4 is 21.9 Å². The van der Waals surface area contributed by atoms with Gasteiger partial charge in [0.2, 0.25) is 5.91 Å². The number of ether oxygens (including phenoxy) is 1. The molecule has 0 saturated carbocycles. The number of hydrogen-bond donors (Lipinski definition) is 3. The van der Waals surface area contributed by atoms with Gasteiger partial charge >= 0.3 is 0 Å². The highest BCUT2D eigenvalue weighted by atomic mass is 16.5. The normalized spacial score (nSPS) is 12.3. The Balaban J connectivity index is 2.26. The third kappa shape index (κ3) is 5.45. The van der Waals surface area contributed by atoms with Crippen LogP contribution in [0.5, 0.6) is 5.75 Å². The minimum atomic E-state index is -0.623. The van der Waals surface area contributed by atoms with Crippen molar-refractivity contribution in [3.8, 4) is 5.75 Å². The second-order valence-corrected chi connectivity index (χ2v) is 6.85. The Hall–Kier alpha value is -2.58. The summed E-state index contributed by atoms with van der Waals surface area (Å²) >= 11 is 0. The standard InChI is InChI=1S/C19H30N6O2/c1-24(2)10-8-13-12-25(17-11-14(27-3)6-7-15(13)17)18(26)16(20)5-4-9-23-19(21)22/h6-7,11-12,16H,4-5,8-10,20H2,1-3H3,(H4,21,22,23). The van der Waals surface area contributed by atoms with E-state index in [1.165, 1.54) is 0 Å². The SMILES string of the molecule is COc1ccc2c(CCN(C)C)cn(C(=O)C(N)CCCN=C(N)N)c2c1. The number of nitrogens with two attached hydrogens (primary N) is 3. The van der Waals surface area contributed by atoms with Crippen molar-refractivity contribution in [2.24, 2.45) is 22.2 Å². The fourth-order valence-corrected chi connectivity index (χ4v) is 2.95. The second kappa shape index (κ2) is 9.38. The summed E-state index contributed by atoms with van der Waals surface area (Å²) in [6.45, 7) is 1.35. The van der Waals surface area contributed by atoms with Crippen molar-refractivity contribution in [2.45, 2.75) is 25.3 Å². The highest BCUT2D eigenvalue weighted by Gasteiger charge is 2.20. The molecule has 1 aromatic heterocycles. The molecule has 0 aliphatic carbocycles. The van der Waals surface area contributed by atoms with E-state index in [0.29, 0.717) is 25.1 Å². The average Bonchev–Trinajstić information content (AvgIpc) is 3.00. The molecular weight excluding hydrogens is 344 g/mol. The lowest BCUT2D eigenvalue weighted by atomic mass is 10.1. The largest absolute Gasteiger partial charge is 0.497 e. The van der Waals surface area contributed by atoms with Gasteiger partial charge in [0.1, 0.15) is 5.75 Å². The van der Waals surface area contributed by atoms with Crippen LogP contribution in [0.4, 0.5) is 0 Å². The molecular formula is C19H30N6O2. The Bertz CT molecular complexity index is 808. The number of carbonyl (C=O) groups is 1. The maximum atomic E-state index is 12.9. The van der Waals surface area contributed by atoms with Crippen molar-refractivity contribution < 1.29 is 9.53 Å². The van der Waals surface area contributed by atoms with Gasteiger partial charge in [-0.2, -0.15) is 0 Å². The number of carbonyl (C=O) groups excluding carboxylic acids is 1. The average molecular weight is 374 g/mol. The Labute approximate surface area is 159 Å². The van der Waals surface area contributed by atoms with Crippen LogP contribution in [0.25, 0.3) is 10.9 Å². The van der Waals surface area contributed by atoms with E-state index in [-0.39, 0.29) is 11.9 Å². The summed E-state index contributed by atoms with van der Waals surface area (Å²) in [5, 5.41) is 1.04. The van der Waals surface area contributed by atoms with Crippen molar-refractivity contribution in [2.75, 3.05) is 34.3 Å². The first-order chi connectivity index (χ1) is 12.8. The number of benzene rings is 1. The van der Waals surface area contributed by atoms with Gasteiger partial charge in [0, 0.05) is 30.7 Å². The van der Waals surface area contributed by atoms with Gasteiger partial charge in [-0.15, -0.1) is 0 Å². The number of fused-ring (bicyclic) bond motifs is 1. The summed E-state index contributed by atoms with van der Waals surface area (Å²) < 4.78 is 6.97. The van der Waals surface area contributed by atoms with Crippen LogP contribution in [0.2, 0.25) is 0 Å². The quantitative estimate of drug-likeness (QED) is 0.338. The van der Waals surface area contributed by atoms with Gasteiger partial charge in [-0.25, -0.2) is 0 Å². The van der Waals surface area contributed by atoms with Gasteiger partial charge in [-0.05, 0) is 51.1 Å². The van der Waals surface area contributed by atoms with Gasteiger partial charge in [0.05, 0.1) is 18.7 Å². The van der Waals surface area contributed by atoms with Crippen LogP contribution >= 0.6 is 0 Å². The maximum Gasteiger partial charge on any atom is 0.247 e. The fraction of sp³-hybridized carbons (Fsp3) is 0.474. The van der Waals surface area contributed by atoms with E-state index in [2.05, 4.69) is 9.89 Å². The molecule has 1 heterocycles. The Morgan fingerprint density at radius 1 is 1.33 bits per heavy atom. The Morgan fingerprint density at radius 3 is 2.70 bits per heavy atom. The number of methoxy groups -OCH3 is 1. The van der Waals surface area contributed by atoms with Crippen LogP contribution in [0, 0.1) is 0 Å². The van der Waals surface area contributed by atoms with E-state index in [1.54, 1.807) is 11.7 Å². The van der Waals surface area contributed by atoms with E-state index >= 15 is 0 Å². The fourth-order valence-electron chi connectivity index (χ4n) is 2.95. The zero-order chi connectivity index (χ0) is 20.0. The van der Waals surface area contributed by atoms with E-state index in [4.69, 9.17) is 21.9 Å². The first-order valence-electron chi connectivity index (χ1n) is 9.01. The lowest BCUT2D eigenvalue weighted by molar-refractivity contribution is 0.0879. The van der Waals surface area contributed by atoms with Crippen LogP contribution in [-0.4, -0.2) is 61.7 Å². The molecule has 148 valence electrons. The monoisotopic (exact) mass is 374 g/mol. The first-order valence-corrected chi connectivity index (χ1v) is 9.01. The number of guanidine groups is 1. The van der Waals surface area contributed by atoms with E-state index in [9.17, 15) is 4.79 Å². The molecule has 27 heavy (non-hydrogen) atoms. The molecule has 0 aliphatic rings. The van der Waals surface area contributed by atoms with E-state index < -0.39 is 6.04 Å². The first kappa shape index (κ1) is 20.7. The third-order valence-electron chi connectivity index (χ3n) is 4.45. The molecule has 6 N–H and O–H groups in total. The van der Waals surface area contributed by atoms with Crippen molar-refractivity contribution in [3.63, 3.8) is 0 Å². The molecule has 0 bridgehead atoms. The highest BCUT2D eigenvalue weighted by molar-refractivity contribution is 5.97. The molecule has 8 heteroatoms. The number of hydrogen-bond acceptors (Lipinski definition) is 5. The second-order valence-electron chi connectivity index (χ2n) is 6.85. The summed E-state index contributed by atoms with van der Waals surface area (Å²) in [6, 6.07) is 5.15. The Kier molecular flexibility index (Phi) is 7.20. The third-order valence-corrected chi connectivity index (χ3v) is 4.45. The zero-order valence-corrected chi connectivity index (χ0v) is 16.3. The molecule has 2 aromatic rings. The summed E-state index contributed by atoms with van der Waals surface area (Å²) in [6.07, 6.45) is 3.88. The van der Waals surface area contributed by atoms with Crippen LogP contribution in [0.1, 0.15) is 23.2 Å². The lowest BCUT2D eigenvalue weighted by Gasteiger charge is -2.12. The highest BCUT2D eigenvalue weighted by Crippen LogP contribution is 2.27. The lowest BCUT2D eigenvalue weighted by Crippen LogP contribution is -2.34. The van der Waals surface area contributed by atoms with Crippen molar-refractivity contribution in [3.05, 3.63) is 30.0 Å². The molecule has 1 unspecified atom stereocenters. The molecule has 0 fully saturated rings. The van der Waals surface area contributed by atoms with Gasteiger partial charge in [-0.3, -0.25) is 14.4 Å². The van der Waals surface area contributed by atoms with Gasteiger partial charge in [0.25, 0.3) is 0 Å². The molecule has 0 radical (unpaired) electrons. The smallest absolute Gasteiger partial charge is 0.247 e. The molecule has 0 aliphatic heterocycles. The van der Waals surface area contributed by atoms with Crippen molar-refractivity contribution in [1.29, 1.82) is 0 Å². The van der Waals surface area contributed by atoms with Crippen molar-refractivity contribution >= 4 is 22.8 Å². The van der Waals surface area contributed by atoms with Gasteiger partial charge in [0.15, 0.2) is 5.96 Å². The molecule has 1 atom stereocenters. The van der Waals surface area contributed by atoms with Crippen LogP contribution in [0.3, 0.4) is 0 Å². The maximum absolute atomic E-state index is 12.9. The number of nitrogens with zero attached hydrogens (tertiary/aromatic N) is 3. The number of aliphatic imine (C=N–C) groups is 1. The summed E-state index contributed by atoms with van der Waals surface area (Å²) in [5.41, 5.74) is 18.7. The van der Waals surface area contributed by atoms with Gasteiger partial charge < -0.3 is 26.8 Å². The predicted octanol–water partition coefficient (Wildman–Crippen LogP) is 0.775. The van der Waals surface area contributed by atoms with E-state index in [0.717, 1.165) is 29.4 Å². The topological polar surface area (TPSA) is 125 Å². The molecule has 8 nitrogen and oxygen atoms in total. The summed E-state index contributed by atoms with van der Waals surface area (Å²) in [5.74, 6) is 0.605. The molecule has 2 rings (SSSR count). The number of rotatable bonds is 9. The van der Waals surface area contributed by atoms with Crippen LogP contribution in [-0.2, 0) is 6.42 Å². The summed E-state index contributed by atoms with van der Waals surface area (Å²) in [7, 11) is 5.67.